The van der Waals surface area contributed by atoms with E-state index >= 15 is 0 Å². The van der Waals surface area contributed by atoms with Gasteiger partial charge in [0.25, 0.3) is 0 Å². The predicted octanol–water partition coefficient (Wildman–Crippen LogP) is 3.39. The van der Waals surface area contributed by atoms with Gasteiger partial charge in [-0.2, -0.15) is 0 Å². The van der Waals surface area contributed by atoms with Gasteiger partial charge in [0.2, 0.25) is 0 Å². The molecule has 1 aliphatic rings. The zero-order chi connectivity index (χ0) is 19.5. The average Bonchev–Trinajstić information content (AvgIpc) is 2.65. The highest BCUT2D eigenvalue weighted by Gasteiger charge is 2.27. The summed E-state index contributed by atoms with van der Waals surface area (Å²) in [5, 5.41) is 18.9. The van der Waals surface area contributed by atoms with Gasteiger partial charge in [-0.1, -0.05) is 55.3 Å². The zero-order valence-corrected chi connectivity index (χ0v) is 15.6. The molecule has 1 aromatic rings. The molecule has 6 heteroatoms. The topological polar surface area (TPSA) is 87.1 Å². The first-order valence-electron chi connectivity index (χ1n) is 9.62. The number of benzene rings is 1. The number of rotatable bonds is 11. The molecule has 1 amide bonds. The third kappa shape index (κ3) is 7.83. The number of carbonyl (C=O) groups is 2. The van der Waals surface area contributed by atoms with Gasteiger partial charge in [0, 0.05) is 25.8 Å². The molecule has 1 aromatic carbocycles. The van der Waals surface area contributed by atoms with Gasteiger partial charge in [-0.15, -0.1) is 0 Å². The summed E-state index contributed by atoms with van der Waals surface area (Å²) >= 11 is 0. The van der Waals surface area contributed by atoms with Crippen LogP contribution in [0.5, 0.6) is 0 Å². The second kappa shape index (κ2) is 11.4. The highest BCUT2D eigenvalue weighted by molar-refractivity contribution is 5.69. The van der Waals surface area contributed by atoms with Crippen LogP contribution in [-0.2, 0) is 16.0 Å². The number of carboxylic acids is 1. The van der Waals surface area contributed by atoms with Crippen LogP contribution in [0.4, 0.5) is 4.79 Å². The van der Waals surface area contributed by atoms with Gasteiger partial charge in [-0.05, 0) is 18.4 Å². The molecule has 1 heterocycles. The third-order valence-electron chi connectivity index (χ3n) is 4.66. The summed E-state index contributed by atoms with van der Waals surface area (Å²) < 4.78 is 5.15. The van der Waals surface area contributed by atoms with Crippen LogP contribution < -0.4 is 0 Å². The lowest BCUT2D eigenvalue weighted by atomic mass is 10.0. The number of carbonyl (C=O) groups excluding carboxylic acids is 1. The van der Waals surface area contributed by atoms with Crippen LogP contribution in [0.3, 0.4) is 0 Å². The summed E-state index contributed by atoms with van der Waals surface area (Å²) in [6, 6.07) is 9.72. The van der Waals surface area contributed by atoms with Crippen molar-refractivity contribution in [3.05, 3.63) is 48.0 Å². The summed E-state index contributed by atoms with van der Waals surface area (Å²) in [6.45, 7) is 0.966. The number of carboxylic acid groups (broad SMARTS) is 1. The molecule has 0 aliphatic carbocycles. The number of unbranched alkanes of at least 4 members (excludes halogenated alkanes) is 3. The molecule has 27 heavy (non-hydrogen) atoms. The maximum atomic E-state index is 12.1. The molecule has 1 saturated heterocycles. The van der Waals surface area contributed by atoms with Crippen LogP contribution in [0.15, 0.2) is 42.5 Å². The van der Waals surface area contributed by atoms with Gasteiger partial charge >= 0.3 is 12.1 Å². The van der Waals surface area contributed by atoms with E-state index < -0.39 is 12.1 Å². The molecule has 0 spiro atoms. The van der Waals surface area contributed by atoms with Crippen LogP contribution in [-0.4, -0.2) is 52.5 Å². The minimum absolute atomic E-state index is 0.0734. The van der Waals surface area contributed by atoms with Crippen LogP contribution in [0.2, 0.25) is 0 Å². The quantitative estimate of drug-likeness (QED) is 0.457. The first-order valence-corrected chi connectivity index (χ1v) is 9.62. The SMILES string of the molecule is O=C(O)CCCCCCN1C(=O)OCC[C@@H]1/C=C/C(O)Cc1ccccc1. The number of nitrogens with zero attached hydrogens (tertiary/aromatic N) is 1. The maximum absolute atomic E-state index is 12.1. The Kier molecular flexibility index (Phi) is 8.84. The molecule has 1 aliphatic heterocycles. The Balaban J connectivity index is 1.79. The van der Waals surface area contributed by atoms with E-state index in [0.29, 0.717) is 32.4 Å². The van der Waals surface area contributed by atoms with Gasteiger partial charge in [0.15, 0.2) is 0 Å². The standard InChI is InChI=1S/C21H29NO5/c23-19(16-17-8-4-3-5-9-17)12-11-18-13-15-27-21(26)22(18)14-7-2-1-6-10-20(24)25/h3-5,8-9,11-12,18-19,23H,1-2,6-7,10,13-16H2,(H,24,25)/b12-11+/t18-,19?/m0/s1. The molecule has 0 saturated carbocycles. The van der Waals surface area contributed by atoms with Crippen LogP contribution in [0.25, 0.3) is 0 Å². The number of aliphatic hydroxyl groups is 1. The Hall–Kier alpha value is -2.34. The van der Waals surface area contributed by atoms with E-state index in [0.717, 1.165) is 24.8 Å². The van der Waals surface area contributed by atoms with Crippen molar-refractivity contribution >= 4 is 12.1 Å². The Morgan fingerprint density at radius 3 is 2.70 bits per heavy atom. The minimum Gasteiger partial charge on any atom is -0.481 e. The highest BCUT2D eigenvalue weighted by atomic mass is 16.6. The molecule has 1 fully saturated rings. The van der Waals surface area contributed by atoms with E-state index in [2.05, 4.69) is 0 Å². The van der Waals surface area contributed by atoms with Gasteiger partial charge in [-0.25, -0.2) is 4.79 Å². The van der Waals surface area contributed by atoms with Crippen molar-refractivity contribution in [1.82, 2.24) is 4.90 Å². The van der Waals surface area contributed by atoms with Crippen molar-refractivity contribution in [3.63, 3.8) is 0 Å². The molecular formula is C21H29NO5. The van der Waals surface area contributed by atoms with Crippen LogP contribution in [0.1, 0.15) is 44.1 Å². The number of hydrogen-bond acceptors (Lipinski definition) is 4. The van der Waals surface area contributed by atoms with Gasteiger partial charge in [0.05, 0.1) is 18.8 Å². The number of ether oxygens (including phenoxy) is 1. The predicted molar refractivity (Wildman–Crippen MR) is 102 cm³/mol. The smallest absolute Gasteiger partial charge is 0.410 e. The van der Waals surface area contributed by atoms with Crippen molar-refractivity contribution in [1.29, 1.82) is 0 Å². The second-order valence-corrected chi connectivity index (χ2v) is 6.86. The largest absolute Gasteiger partial charge is 0.481 e. The summed E-state index contributed by atoms with van der Waals surface area (Å²) in [5.41, 5.74) is 1.07. The molecular weight excluding hydrogens is 346 g/mol. The molecule has 1 unspecified atom stereocenters. The molecule has 6 nitrogen and oxygen atoms in total. The van der Waals surface area contributed by atoms with Gasteiger partial charge in [0.1, 0.15) is 0 Å². The second-order valence-electron chi connectivity index (χ2n) is 6.86. The van der Waals surface area contributed by atoms with Crippen LogP contribution >= 0.6 is 0 Å². The van der Waals surface area contributed by atoms with Crippen molar-refractivity contribution in [3.8, 4) is 0 Å². The first-order chi connectivity index (χ1) is 13.1. The number of aliphatic hydroxyl groups excluding tert-OH is 1. The lowest BCUT2D eigenvalue weighted by Gasteiger charge is -2.33. The van der Waals surface area contributed by atoms with Crippen molar-refractivity contribution in [2.24, 2.45) is 0 Å². The van der Waals surface area contributed by atoms with E-state index in [-0.39, 0.29) is 18.6 Å². The fraction of sp³-hybridized carbons (Fsp3) is 0.524. The van der Waals surface area contributed by atoms with Crippen molar-refractivity contribution in [2.45, 2.75) is 57.1 Å². The summed E-state index contributed by atoms with van der Waals surface area (Å²) in [6.07, 6.45) is 7.38. The first kappa shape index (κ1) is 21.0. The molecule has 2 N–H and O–H groups in total. The van der Waals surface area contributed by atoms with E-state index in [4.69, 9.17) is 9.84 Å². The van der Waals surface area contributed by atoms with Crippen LogP contribution in [0, 0.1) is 0 Å². The summed E-state index contributed by atoms with van der Waals surface area (Å²) in [5.74, 6) is -0.770. The number of hydrogen-bond donors (Lipinski definition) is 2. The summed E-state index contributed by atoms with van der Waals surface area (Å²) in [4.78, 5) is 24.3. The fourth-order valence-electron chi connectivity index (χ4n) is 3.19. The Morgan fingerprint density at radius 2 is 1.96 bits per heavy atom. The minimum atomic E-state index is -0.770. The Bertz CT molecular complexity index is 616. The number of amides is 1. The third-order valence-corrected chi connectivity index (χ3v) is 4.66. The molecule has 0 radical (unpaired) electrons. The highest BCUT2D eigenvalue weighted by Crippen LogP contribution is 2.17. The molecule has 2 atom stereocenters. The van der Waals surface area contributed by atoms with E-state index in [1.807, 2.05) is 36.4 Å². The van der Waals surface area contributed by atoms with Crippen molar-refractivity contribution in [2.75, 3.05) is 13.2 Å². The van der Waals surface area contributed by atoms with Crippen molar-refractivity contribution < 1.29 is 24.5 Å². The van der Waals surface area contributed by atoms with Gasteiger partial charge < -0.3 is 19.8 Å². The lowest BCUT2D eigenvalue weighted by Crippen LogP contribution is -2.45. The Morgan fingerprint density at radius 1 is 1.22 bits per heavy atom. The molecule has 2 rings (SSSR count). The average molecular weight is 375 g/mol. The number of cyclic esters (lactones) is 1. The van der Waals surface area contributed by atoms with E-state index in [9.17, 15) is 14.7 Å². The molecule has 0 bridgehead atoms. The number of aliphatic carboxylic acids is 1. The maximum Gasteiger partial charge on any atom is 0.410 e. The lowest BCUT2D eigenvalue weighted by molar-refractivity contribution is -0.137. The Labute approximate surface area is 160 Å². The summed E-state index contributed by atoms with van der Waals surface area (Å²) in [7, 11) is 0. The van der Waals surface area contributed by atoms with Gasteiger partial charge in [-0.3, -0.25) is 4.79 Å². The zero-order valence-electron chi connectivity index (χ0n) is 15.6. The van der Waals surface area contributed by atoms with E-state index in [1.54, 1.807) is 11.0 Å². The van der Waals surface area contributed by atoms with E-state index in [1.165, 1.54) is 0 Å². The monoisotopic (exact) mass is 375 g/mol. The normalized spacial score (nSPS) is 18.5. The molecule has 0 aromatic heterocycles. The molecule has 148 valence electrons. The fourth-order valence-corrected chi connectivity index (χ4v) is 3.19.